The van der Waals surface area contributed by atoms with Crippen LogP contribution < -0.4 is 13.9 Å². The van der Waals surface area contributed by atoms with Gasteiger partial charge in [0.15, 0.2) is 0 Å². The second-order valence-corrected chi connectivity index (χ2v) is 9.62. The SMILES string of the molecule is COC(=O)c1ccc(OC)c(CN2C(=O)N(c3c(C)cccc3C)S(=O)(=O)c3ccccc32)c1. The summed E-state index contributed by atoms with van der Waals surface area (Å²) in [6, 6.07) is 15.7. The molecule has 1 heterocycles. The quantitative estimate of drug-likeness (QED) is 0.502. The van der Waals surface area contributed by atoms with E-state index in [0.717, 1.165) is 4.31 Å². The highest BCUT2D eigenvalue weighted by atomic mass is 32.2. The number of carbonyl (C=O) groups is 2. The van der Waals surface area contributed by atoms with Crippen molar-refractivity contribution >= 4 is 33.4 Å². The molecule has 0 aliphatic carbocycles. The number of methoxy groups -OCH3 is 2. The summed E-state index contributed by atoms with van der Waals surface area (Å²) in [6.07, 6.45) is 0. The number of carbonyl (C=O) groups excluding carboxylic acids is 2. The van der Waals surface area contributed by atoms with Crippen LogP contribution in [0.25, 0.3) is 0 Å². The maximum absolute atomic E-state index is 13.8. The molecule has 0 spiro atoms. The number of ether oxygens (including phenoxy) is 2. The predicted molar refractivity (Wildman–Crippen MR) is 128 cm³/mol. The highest BCUT2D eigenvalue weighted by Crippen LogP contribution is 2.40. The number of para-hydroxylation sites is 2. The molecule has 9 heteroatoms. The Morgan fingerprint density at radius 3 is 2.26 bits per heavy atom. The molecule has 0 N–H and O–H groups in total. The lowest BCUT2D eigenvalue weighted by Gasteiger charge is -2.37. The van der Waals surface area contributed by atoms with E-state index in [1.807, 2.05) is 6.07 Å². The monoisotopic (exact) mass is 480 g/mol. The summed E-state index contributed by atoms with van der Waals surface area (Å²) in [6.45, 7) is 3.50. The second kappa shape index (κ2) is 8.83. The van der Waals surface area contributed by atoms with E-state index in [0.29, 0.717) is 28.1 Å². The number of urea groups is 1. The van der Waals surface area contributed by atoms with Gasteiger partial charge in [-0.2, -0.15) is 4.31 Å². The van der Waals surface area contributed by atoms with Gasteiger partial charge in [0.25, 0.3) is 10.0 Å². The van der Waals surface area contributed by atoms with Crippen LogP contribution in [-0.4, -0.2) is 34.6 Å². The molecule has 0 unspecified atom stereocenters. The highest BCUT2D eigenvalue weighted by Gasteiger charge is 2.43. The molecule has 3 aromatic rings. The van der Waals surface area contributed by atoms with Gasteiger partial charge in [0, 0.05) is 5.56 Å². The Balaban J connectivity index is 1.90. The average Bonchev–Trinajstić information content (AvgIpc) is 2.83. The van der Waals surface area contributed by atoms with E-state index in [1.165, 1.54) is 25.2 Å². The number of sulfonamides is 1. The third-order valence-electron chi connectivity index (χ3n) is 5.75. The van der Waals surface area contributed by atoms with E-state index in [9.17, 15) is 18.0 Å². The first-order valence-corrected chi connectivity index (χ1v) is 11.9. The Labute approximate surface area is 198 Å². The Kier molecular flexibility index (Phi) is 6.05. The molecule has 2 amide bonds. The molecule has 0 aromatic heterocycles. The Hall–Kier alpha value is -3.85. The fraction of sp³-hybridized carbons (Fsp3) is 0.200. The summed E-state index contributed by atoms with van der Waals surface area (Å²) >= 11 is 0. The van der Waals surface area contributed by atoms with Crippen molar-refractivity contribution in [2.24, 2.45) is 0 Å². The molecule has 176 valence electrons. The van der Waals surface area contributed by atoms with Crippen molar-refractivity contribution in [3.63, 3.8) is 0 Å². The number of amides is 2. The number of aryl methyl sites for hydroxylation is 2. The molecule has 1 aliphatic rings. The topological polar surface area (TPSA) is 93.2 Å². The van der Waals surface area contributed by atoms with E-state index in [4.69, 9.17) is 9.47 Å². The van der Waals surface area contributed by atoms with Crippen LogP contribution in [-0.2, 0) is 21.3 Å². The van der Waals surface area contributed by atoms with Gasteiger partial charge in [0.05, 0.1) is 37.7 Å². The minimum atomic E-state index is -4.16. The molecule has 1 aliphatic heterocycles. The molecule has 0 bridgehead atoms. The summed E-state index contributed by atoms with van der Waals surface area (Å²) < 4.78 is 38.3. The number of fused-ring (bicyclic) bond motifs is 1. The van der Waals surface area contributed by atoms with Crippen LogP contribution in [0.3, 0.4) is 0 Å². The number of anilines is 2. The summed E-state index contributed by atoms with van der Waals surface area (Å²) in [7, 11) is -1.40. The third-order valence-corrected chi connectivity index (χ3v) is 7.47. The Bertz CT molecular complexity index is 1380. The molecule has 0 saturated carbocycles. The first kappa shape index (κ1) is 23.3. The maximum Gasteiger partial charge on any atom is 0.343 e. The number of hydrogen-bond acceptors (Lipinski definition) is 6. The summed E-state index contributed by atoms with van der Waals surface area (Å²) in [5.74, 6) is -0.0843. The highest BCUT2D eigenvalue weighted by molar-refractivity contribution is 7.94. The van der Waals surface area contributed by atoms with Gasteiger partial charge in [0.2, 0.25) is 0 Å². The van der Waals surface area contributed by atoms with Gasteiger partial charge in [-0.25, -0.2) is 18.0 Å². The number of rotatable bonds is 5. The van der Waals surface area contributed by atoms with Crippen molar-refractivity contribution in [1.29, 1.82) is 0 Å². The van der Waals surface area contributed by atoms with Crippen LogP contribution in [0.4, 0.5) is 16.2 Å². The molecule has 4 rings (SSSR count). The minimum Gasteiger partial charge on any atom is -0.496 e. The van der Waals surface area contributed by atoms with Gasteiger partial charge < -0.3 is 9.47 Å². The number of hydrogen-bond donors (Lipinski definition) is 0. The summed E-state index contributed by atoms with van der Waals surface area (Å²) in [5.41, 5.74) is 2.69. The van der Waals surface area contributed by atoms with Gasteiger partial charge in [-0.05, 0) is 55.3 Å². The molecular weight excluding hydrogens is 456 g/mol. The molecule has 0 atom stereocenters. The normalized spacial score (nSPS) is 14.5. The fourth-order valence-electron chi connectivity index (χ4n) is 4.12. The van der Waals surface area contributed by atoms with Gasteiger partial charge in [-0.3, -0.25) is 4.90 Å². The number of nitrogens with zero attached hydrogens (tertiary/aromatic N) is 2. The molecular formula is C25H24N2O6S. The van der Waals surface area contributed by atoms with Gasteiger partial charge in [0.1, 0.15) is 10.6 Å². The zero-order valence-electron chi connectivity index (χ0n) is 19.2. The zero-order chi connectivity index (χ0) is 24.6. The fourth-order valence-corrected chi connectivity index (χ4v) is 5.85. The average molecular weight is 481 g/mol. The van der Waals surface area contributed by atoms with Crippen molar-refractivity contribution < 1.29 is 27.5 Å². The van der Waals surface area contributed by atoms with Gasteiger partial charge in [-0.1, -0.05) is 30.3 Å². The lowest BCUT2D eigenvalue weighted by Crippen LogP contribution is -2.51. The second-order valence-electron chi connectivity index (χ2n) is 7.86. The molecule has 0 fully saturated rings. The van der Waals surface area contributed by atoms with E-state index in [1.54, 1.807) is 62.4 Å². The van der Waals surface area contributed by atoms with E-state index in [-0.39, 0.29) is 22.7 Å². The van der Waals surface area contributed by atoms with E-state index in [2.05, 4.69) is 0 Å². The lowest BCUT2D eigenvalue weighted by atomic mass is 10.1. The summed E-state index contributed by atoms with van der Waals surface area (Å²) in [5, 5.41) is 0. The van der Waals surface area contributed by atoms with Crippen LogP contribution in [0.15, 0.2) is 65.6 Å². The molecule has 8 nitrogen and oxygen atoms in total. The van der Waals surface area contributed by atoms with Crippen molar-refractivity contribution in [1.82, 2.24) is 0 Å². The van der Waals surface area contributed by atoms with Gasteiger partial charge in [-0.15, -0.1) is 0 Å². The van der Waals surface area contributed by atoms with E-state index < -0.39 is 22.0 Å². The van der Waals surface area contributed by atoms with Crippen LogP contribution in [0.1, 0.15) is 27.0 Å². The molecule has 0 radical (unpaired) electrons. The number of benzene rings is 3. The van der Waals surface area contributed by atoms with Crippen LogP contribution >= 0.6 is 0 Å². The van der Waals surface area contributed by atoms with E-state index >= 15 is 0 Å². The Morgan fingerprint density at radius 1 is 0.941 bits per heavy atom. The first-order valence-electron chi connectivity index (χ1n) is 10.5. The van der Waals surface area contributed by atoms with Crippen LogP contribution in [0.2, 0.25) is 0 Å². The van der Waals surface area contributed by atoms with Crippen LogP contribution in [0, 0.1) is 13.8 Å². The van der Waals surface area contributed by atoms with Crippen molar-refractivity contribution in [3.8, 4) is 5.75 Å². The minimum absolute atomic E-state index is 0.0142. The van der Waals surface area contributed by atoms with Crippen molar-refractivity contribution in [2.75, 3.05) is 23.4 Å². The predicted octanol–water partition coefficient (Wildman–Crippen LogP) is 4.43. The maximum atomic E-state index is 13.8. The number of esters is 1. The van der Waals surface area contributed by atoms with Crippen molar-refractivity contribution in [3.05, 3.63) is 82.9 Å². The smallest absolute Gasteiger partial charge is 0.343 e. The Morgan fingerprint density at radius 2 is 1.62 bits per heavy atom. The standard InChI is InChI=1S/C25H24N2O6S/c1-16-8-7-9-17(2)23(16)27-25(29)26(20-10-5-6-11-22(20)34(27,30)31)15-19-14-18(24(28)33-4)12-13-21(19)32-3/h5-14H,15H2,1-4H3. The molecule has 3 aromatic carbocycles. The third kappa shape index (κ3) is 3.77. The largest absolute Gasteiger partial charge is 0.496 e. The lowest BCUT2D eigenvalue weighted by molar-refractivity contribution is 0.0600. The first-order chi connectivity index (χ1) is 16.2. The van der Waals surface area contributed by atoms with Crippen LogP contribution in [0.5, 0.6) is 5.75 Å². The molecule has 34 heavy (non-hydrogen) atoms. The van der Waals surface area contributed by atoms with Gasteiger partial charge >= 0.3 is 12.0 Å². The summed E-state index contributed by atoms with van der Waals surface area (Å²) in [4.78, 5) is 27.3. The zero-order valence-corrected chi connectivity index (χ0v) is 20.0. The molecule has 0 saturated heterocycles. The van der Waals surface area contributed by atoms with Crippen molar-refractivity contribution in [2.45, 2.75) is 25.3 Å².